The van der Waals surface area contributed by atoms with E-state index in [0.717, 1.165) is 22.6 Å². The number of hydrogen-bond acceptors (Lipinski definition) is 6. The lowest BCUT2D eigenvalue weighted by molar-refractivity contribution is 0.171. The van der Waals surface area contributed by atoms with Gasteiger partial charge in [-0.15, -0.1) is 0 Å². The van der Waals surface area contributed by atoms with Crippen molar-refractivity contribution in [2.75, 3.05) is 13.2 Å². The van der Waals surface area contributed by atoms with Gasteiger partial charge in [0.1, 0.15) is 24.9 Å². The molecule has 0 spiro atoms. The minimum absolute atomic E-state index is 0.292. The summed E-state index contributed by atoms with van der Waals surface area (Å²) in [6.07, 6.45) is 0. The Hall–Kier alpha value is -2.21. The standard InChI is InChI=1S/C14H16N4O2/c1-8-5-11-12(20-4-3-19-11)6-10(8)14-17-9(2)16-13(7-15)18-14/h5-6H,3-4,7,15H2,1-2H3. The van der Waals surface area contributed by atoms with E-state index in [4.69, 9.17) is 15.2 Å². The van der Waals surface area contributed by atoms with Gasteiger partial charge in [0, 0.05) is 5.56 Å². The van der Waals surface area contributed by atoms with E-state index in [0.29, 0.717) is 37.2 Å². The fourth-order valence-electron chi connectivity index (χ4n) is 2.18. The molecule has 1 aromatic heterocycles. The maximum absolute atomic E-state index is 5.62. The second kappa shape index (κ2) is 5.05. The zero-order valence-corrected chi connectivity index (χ0v) is 11.5. The molecule has 6 nitrogen and oxygen atoms in total. The van der Waals surface area contributed by atoms with Gasteiger partial charge in [-0.3, -0.25) is 0 Å². The maximum Gasteiger partial charge on any atom is 0.163 e. The minimum atomic E-state index is 0.292. The smallest absolute Gasteiger partial charge is 0.163 e. The molecule has 6 heteroatoms. The van der Waals surface area contributed by atoms with E-state index in [1.54, 1.807) is 0 Å². The van der Waals surface area contributed by atoms with Crippen LogP contribution in [0.3, 0.4) is 0 Å². The number of ether oxygens (including phenoxy) is 2. The van der Waals surface area contributed by atoms with Gasteiger partial charge in [0.25, 0.3) is 0 Å². The van der Waals surface area contributed by atoms with Crippen LogP contribution in [-0.2, 0) is 6.54 Å². The summed E-state index contributed by atoms with van der Waals surface area (Å²) in [4.78, 5) is 13.0. The Morgan fingerprint density at radius 3 is 2.45 bits per heavy atom. The zero-order chi connectivity index (χ0) is 14.1. The summed E-state index contributed by atoms with van der Waals surface area (Å²) in [6, 6.07) is 3.87. The van der Waals surface area contributed by atoms with Gasteiger partial charge < -0.3 is 15.2 Å². The molecule has 1 aliphatic heterocycles. The van der Waals surface area contributed by atoms with E-state index in [-0.39, 0.29) is 0 Å². The van der Waals surface area contributed by atoms with Crippen LogP contribution < -0.4 is 15.2 Å². The Morgan fingerprint density at radius 2 is 1.75 bits per heavy atom. The molecular formula is C14H16N4O2. The molecule has 0 saturated heterocycles. The normalized spacial score (nSPS) is 13.3. The van der Waals surface area contributed by atoms with Crippen LogP contribution >= 0.6 is 0 Å². The van der Waals surface area contributed by atoms with Gasteiger partial charge >= 0.3 is 0 Å². The fraction of sp³-hybridized carbons (Fsp3) is 0.357. The number of nitrogens with zero attached hydrogens (tertiary/aromatic N) is 3. The van der Waals surface area contributed by atoms with Crippen LogP contribution in [0.4, 0.5) is 0 Å². The van der Waals surface area contributed by atoms with Crippen LogP contribution in [0.1, 0.15) is 17.2 Å². The number of hydrogen-bond donors (Lipinski definition) is 1. The van der Waals surface area contributed by atoms with Crippen molar-refractivity contribution in [2.45, 2.75) is 20.4 Å². The van der Waals surface area contributed by atoms with Gasteiger partial charge in [0.05, 0.1) is 6.54 Å². The van der Waals surface area contributed by atoms with E-state index in [9.17, 15) is 0 Å². The summed E-state index contributed by atoms with van der Waals surface area (Å²) in [6.45, 7) is 5.25. The summed E-state index contributed by atoms with van der Waals surface area (Å²) in [5.74, 6) is 3.35. The highest BCUT2D eigenvalue weighted by molar-refractivity contribution is 5.65. The van der Waals surface area contributed by atoms with E-state index < -0.39 is 0 Å². The van der Waals surface area contributed by atoms with Crippen molar-refractivity contribution in [3.63, 3.8) is 0 Å². The van der Waals surface area contributed by atoms with Gasteiger partial charge in [-0.25, -0.2) is 15.0 Å². The maximum atomic E-state index is 5.62. The number of nitrogens with two attached hydrogens (primary N) is 1. The van der Waals surface area contributed by atoms with E-state index in [1.165, 1.54) is 0 Å². The van der Waals surface area contributed by atoms with Crippen molar-refractivity contribution in [3.8, 4) is 22.9 Å². The van der Waals surface area contributed by atoms with Crippen LogP contribution in [-0.4, -0.2) is 28.2 Å². The molecule has 3 rings (SSSR count). The second-order valence-corrected chi connectivity index (χ2v) is 4.64. The summed E-state index contributed by atoms with van der Waals surface area (Å²) in [5.41, 5.74) is 7.56. The molecule has 104 valence electrons. The van der Waals surface area contributed by atoms with Gasteiger partial charge in [-0.05, 0) is 31.5 Å². The molecule has 0 aliphatic carbocycles. The predicted octanol–water partition coefficient (Wildman–Crippen LogP) is 1.39. The van der Waals surface area contributed by atoms with Crippen molar-refractivity contribution in [3.05, 3.63) is 29.3 Å². The molecule has 0 unspecified atom stereocenters. The summed E-state index contributed by atoms with van der Waals surface area (Å²) < 4.78 is 11.2. The van der Waals surface area contributed by atoms with Crippen molar-refractivity contribution in [2.24, 2.45) is 5.73 Å². The third-order valence-corrected chi connectivity index (χ3v) is 3.11. The van der Waals surface area contributed by atoms with Crippen molar-refractivity contribution >= 4 is 0 Å². The molecule has 0 radical (unpaired) electrons. The second-order valence-electron chi connectivity index (χ2n) is 4.64. The molecule has 0 atom stereocenters. The van der Waals surface area contributed by atoms with Crippen molar-refractivity contribution in [1.82, 2.24) is 15.0 Å². The summed E-state index contributed by atoms with van der Waals surface area (Å²) in [5, 5.41) is 0. The molecule has 2 heterocycles. The third-order valence-electron chi connectivity index (χ3n) is 3.11. The van der Waals surface area contributed by atoms with Crippen molar-refractivity contribution in [1.29, 1.82) is 0 Å². The Balaban J connectivity index is 2.12. The highest BCUT2D eigenvalue weighted by Crippen LogP contribution is 2.36. The minimum Gasteiger partial charge on any atom is -0.486 e. The van der Waals surface area contributed by atoms with E-state index >= 15 is 0 Å². The third kappa shape index (κ3) is 2.30. The summed E-state index contributed by atoms with van der Waals surface area (Å²) >= 11 is 0. The van der Waals surface area contributed by atoms with Gasteiger partial charge in [-0.1, -0.05) is 0 Å². The monoisotopic (exact) mass is 272 g/mol. The van der Waals surface area contributed by atoms with Crippen molar-refractivity contribution < 1.29 is 9.47 Å². The first kappa shape index (κ1) is 12.8. The predicted molar refractivity (Wildman–Crippen MR) is 73.6 cm³/mol. The Bertz CT molecular complexity index is 658. The van der Waals surface area contributed by atoms with Crippen LogP contribution in [0.15, 0.2) is 12.1 Å². The van der Waals surface area contributed by atoms with Gasteiger partial charge in [-0.2, -0.15) is 0 Å². The molecule has 2 N–H and O–H groups in total. The Morgan fingerprint density at radius 1 is 1.05 bits per heavy atom. The highest BCUT2D eigenvalue weighted by Gasteiger charge is 2.17. The van der Waals surface area contributed by atoms with Crippen LogP contribution in [0.2, 0.25) is 0 Å². The molecule has 0 bridgehead atoms. The largest absolute Gasteiger partial charge is 0.486 e. The molecule has 1 aromatic carbocycles. The number of rotatable bonds is 2. The summed E-state index contributed by atoms with van der Waals surface area (Å²) in [7, 11) is 0. The highest BCUT2D eigenvalue weighted by atomic mass is 16.6. The lowest BCUT2D eigenvalue weighted by Crippen LogP contribution is -2.15. The fourth-order valence-corrected chi connectivity index (χ4v) is 2.18. The molecule has 0 fully saturated rings. The first-order chi connectivity index (χ1) is 9.67. The van der Waals surface area contributed by atoms with Gasteiger partial charge in [0.15, 0.2) is 17.3 Å². The number of aromatic nitrogens is 3. The molecule has 1 aliphatic rings. The number of aryl methyl sites for hydroxylation is 2. The van der Waals surface area contributed by atoms with Gasteiger partial charge in [0.2, 0.25) is 0 Å². The first-order valence-corrected chi connectivity index (χ1v) is 6.49. The van der Waals surface area contributed by atoms with E-state index in [1.807, 2.05) is 26.0 Å². The lowest BCUT2D eigenvalue weighted by atomic mass is 10.1. The van der Waals surface area contributed by atoms with Crippen LogP contribution in [0.25, 0.3) is 11.4 Å². The number of benzene rings is 1. The zero-order valence-electron chi connectivity index (χ0n) is 11.5. The van der Waals surface area contributed by atoms with E-state index in [2.05, 4.69) is 15.0 Å². The molecule has 20 heavy (non-hydrogen) atoms. The average Bonchev–Trinajstić information content (AvgIpc) is 2.45. The topological polar surface area (TPSA) is 83.2 Å². The molecular weight excluding hydrogens is 256 g/mol. The lowest BCUT2D eigenvalue weighted by Gasteiger charge is -2.20. The number of fused-ring (bicyclic) bond motifs is 1. The van der Waals surface area contributed by atoms with Crippen LogP contribution in [0, 0.1) is 13.8 Å². The quantitative estimate of drug-likeness (QED) is 0.889. The Labute approximate surface area is 117 Å². The SMILES string of the molecule is Cc1nc(CN)nc(-c2cc3c(cc2C)OCCO3)n1. The average molecular weight is 272 g/mol. The van der Waals surface area contributed by atoms with Crippen LogP contribution in [0.5, 0.6) is 11.5 Å². The molecule has 0 saturated carbocycles. The Kier molecular flexibility index (Phi) is 3.23. The first-order valence-electron chi connectivity index (χ1n) is 6.49. The molecule has 0 amide bonds. The molecule has 2 aromatic rings.